The van der Waals surface area contributed by atoms with E-state index < -0.39 is 4.92 Å². The Hall–Kier alpha value is -4.26. The summed E-state index contributed by atoms with van der Waals surface area (Å²) in [5.74, 6) is 0.249. The zero-order chi connectivity index (χ0) is 21.3. The Morgan fingerprint density at radius 1 is 1.03 bits per heavy atom. The smallest absolute Gasteiger partial charge is 0.282 e. The van der Waals surface area contributed by atoms with Gasteiger partial charge in [0.15, 0.2) is 0 Å². The van der Waals surface area contributed by atoms with Crippen LogP contribution in [0, 0.1) is 17.0 Å². The number of aryl methyl sites for hydroxylation is 1. The zero-order valence-corrected chi connectivity index (χ0v) is 16.0. The van der Waals surface area contributed by atoms with Crippen LogP contribution < -0.4 is 4.90 Å². The summed E-state index contributed by atoms with van der Waals surface area (Å²) in [6.07, 6.45) is 1.60. The number of anilines is 1. The molecular formula is C23H17N3O4. The molecule has 0 atom stereocenters. The average Bonchev–Trinajstić information content (AvgIpc) is 3.05. The number of rotatable bonds is 4. The summed E-state index contributed by atoms with van der Waals surface area (Å²) >= 11 is 0. The third-order valence-corrected chi connectivity index (χ3v) is 4.65. The molecule has 3 aromatic carbocycles. The number of phenols is 1. The molecular weight excluding hydrogens is 382 g/mol. The van der Waals surface area contributed by atoms with Crippen molar-refractivity contribution < 1.29 is 14.8 Å². The number of hydrogen-bond acceptors (Lipinski definition) is 5. The summed E-state index contributed by atoms with van der Waals surface area (Å²) in [5, 5.41) is 20.4. The van der Waals surface area contributed by atoms with Gasteiger partial charge in [0.25, 0.3) is 11.6 Å². The third-order valence-electron chi connectivity index (χ3n) is 4.65. The molecule has 7 nitrogen and oxygen atoms in total. The number of carbonyl (C=O) groups excluding carboxylic acids is 1. The van der Waals surface area contributed by atoms with Crippen molar-refractivity contribution in [2.45, 2.75) is 6.92 Å². The summed E-state index contributed by atoms with van der Waals surface area (Å²) in [4.78, 5) is 29.6. The van der Waals surface area contributed by atoms with Crippen LogP contribution in [0.25, 0.3) is 6.08 Å². The number of aromatic hydroxyl groups is 1. The number of amides is 1. The first kappa shape index (κ1) is 19.1. The molecule has 4 rings (SSSR count). The normalized spacial score (nSPS) is 14.8. The van der Waals surface area contributed by atoms with Gasteiger partial charge in [-0.1, -0.05) is 23.8 Å². The van der Waals surface area contributed by atoms with Gasteiger partial charge >= 0.3 is 0 Å². The molecule has 0 fully saturated rings. The molecule has 0 unspecified atom stereocenters. The molecule has 7 heteroatoms. The standard InChI is InChI=1S/C23H17N3O4/c1-15-3-2-4-17(13-15)22-24-21(14-16-5-7-19(8-6-16)26(29)30)23(28)25(22)18-9-11-20(27)12-10-18/h2-14,27H,1H3/b21-14+. The maximum absolute atomic E-state index is 13.2. The minimum atomic E-state index is -0.474. The van der Waals surface area contributed by atoms with Crippen molar-refractivity contribution in [1.82, 2.24) is 0 Å². The van der Waals surface area contributed by atoms with Gasteiger partial charge < -0.3 is 5.11 Å². The molecule has 148 valence electrons. The topological polar surface area (TPSA) is 96.0 Å². The number of benzene rings is 3. The van der Waals surface area contributed by atoms with E-state index in [1.54, 1.807) is 30.3 Å². The van der Waals surface area contributed by atoms with E-state index in [1.165, 1.54) is 29.2 Å². The van der Waals surface area contributed by atoms with E-state index in [9.17, 15) is 20.0 Å². The zero-order valence-electron chi connectivity index (χ0n) is 16.0. The molecule has 1 aliphatic rings. The number of aliphatic imine (C=N–C) groups is 1. The van der Waals surface area contributed by atoms with Crippen molar-refractivity contribution in [1.29, 1.82) is 0 Å². The summed E-state index contributed by atoms with van der Waals surface area (Å²) in [7, 11) is 0. The highest BCUT2D eigenvalue weighted by atomic mass is 16.6. The Morgan fingerprint density at radius 3 is 2.37 bits per heavy atom. The van der Waals surface area contributed by atoms with Crippen LogP contribution in [0.4, 0.5) is 11.4 Å². The summed E-state index contributed by atoms with van der Waals surface area (Å²) < 4.78 is 0. The Kier molecular flexibility index (Phi) is 4.85. The fraction of sp³-hybridized carbons (Fsp3) is 0.0435. The number of carbonyl (C=O) groups is 1. The lowest BCUT2D eigenvalue weighted by Crippen LogP contribution is -2.32. The van der Waals surface area contributed by atoms with Crippen LogP contribution in [0.1, 0.15) is 16.7 Å². The van der Waals surface area contributed by atoms with Crippen LogP contribution in [0.15, 0.2) is 83.5 Å². The van der Waals surface area contributed by atoms with Crippen LogP contribution >= 0.6 is 0 Å². The Bertz CT molecular complexity index is 1200. The first-order valence-corrected chi connectivity index (χ1v) is 9.18. The molecule has 0 aromatic heterocycles. The molecule has 30 heavy (non-hydrogen) atoms. The maximum atomic E-state index is 13.2. The van der Waals surface area contributed by atoms with Crippen molar-refractivity contribution in [3.63, 3.8) is 0 Å². The minimum absolute atomic E-state index is 0.0235. The maximum Gasteiger partial charge on any atom is 0.282 e. The second kappa shape index (κ2) is 7.63. The summed E-state index contributed by atoms with van der Waals surface area (Å²) in [6.45, 7) is 1.96. The predicted molar refractivity (Wildman–Crippen MR) is 114 cm³/mol. The van der Waals surface area contributed by atoms with Crippen LogP contribution in [0.2, 0.25) is 0 Å². The molecule has 0 saturated heterocycles. The lowest BCUT2D eigenvalue weighted by molar-refractivity contribution is -0.384. The Balaban J connectivity index is 1.79. The molecule has 0 saturated carbocycles. The number of nitro benzene ring substituents is 1. The molecule has 3 aromatic rings. The van der Waals surface area contributed by atoms with Gasteiger partial charge in [-0.15, -0.1) is 0 Å². The van der Waals surface area contributed by atoms with Gasteiger partial charge in [-0.2, -0.15) is 0 Å². The highest BCUT2D eigenvalue weighted by Gasteiger charge is 2.32. The number of nitro groups is 1. The SMILES string of the molecule is Cc1cccc(C2=N/C(=C/c3ccc([N+](=O)[O-])cc3)C(=O)N2c2ccc(O)cc2)c1. The van der Waals surface area contributed by atoms with Gasteiger partial charge in [-0.05, 0) is 61.0 Å². The van der Waals surface area contributed by atoms with Crippen LogP contribution in [-0.4, -0.2) is 21.8 Å². The fourth-order valence-electron chi connectivity index (χ4n) is 3.19. The molecule has 1 amide bonds. The Labute approximate surface area is 172 Å². The Morgan fingerprint density at radius 2 is 1.73 bits per heavy atom. The van der Waals surface area contributed by atoms with Gasteiger partial charge in [0, 0.05) is 17.7 Å². The lowest BCUT2D eigenvalue weighted by atomic mass is 10.1. The van der Waals surface area contributed by atoms with Gasteiger partial charge in [0.05, 0.1) is 10.6 Å². The van der Waals surface area contributed by atoms with Crippen LogP contribution in [-0.2, 0) is 4.79 Å². The molecule has 0 bridgehead atoms. The van der Waals surface area contributed by atoms with Crippen molar-refractivity contribution in [2.24, 2.45) is 4.99 Å². The quantitative estimate of drug-likeness (QED) is 0.398. The largest absolute Gasteiger partial charge is 0.508 e. The summed E-state index contributed by atoms with van der Waals surface area (Å²) in [6, 6.07) is 19.9. The highest BCUT2D eigenvalue weighted by Crippen LogP contribution is 2.29. The molecule has 0 aliphatic carbocycles. The van der Waals surface area contributed by atoms with Gasteiger partial charge in [0.1, 0.15) is 17.3 Å². The lowest BCUT2D eigenvalue weighted by Gasteiger charge is -2.18. The second-order valence-electron chi connectivity index (χ2n) is 6.84. The van der Waals surface area contributed by atoms with Crippen molar-refractivity contribution in [3.8, 4) is 5.75 Å². The van der Waals surface area contributed by atoms with Gasteiger partial charge in [-0.25, -0.2) is 4.99 Å². The van der Waals surface area contributed by atoms with E-state index in [0.29, 0.717) is 17.1 Å². The third kappa shape index (κ3) is 3.68. The molecule has 1 aliphatic heterocycles. The van der Waals surface area contributed by atoms with Crippen LogP contribution in [0.5, 0.6) is 5.75 Å². The molecule has 0 radical (unpaired) electrons. The van der Waals surface area contributed by atoms with Gasteiger partial charge in [0.2, 0.25) is 0 Å². The van der Waals surface area contributed by atoms with E-state index in [0.717, 1.165) is 11.1 Å². The minimum Gasteiger partial charge on any atom is -0.508 e. The number of phenolic OH excluding ortho intramolecular Hbond substituents is 1. The number of nitrogens with zero attached hydrogens (tertiary/aromatic N) is 3. The monoisotopic (exact) mass is 399 g/mol. The van der Waals surface area contributed by atoms with E-state index in [4.69, 9.17) is 0 Å². The van der Waals surface area contributed by atoms with Crippen molar-refractivity contribution in [3.05, 3.63) is 105 Å². The number of hydrogen-bond donors (Lipinski definition) is 1. The van der Waals surface area contributed by atoms with Crippen molar-refractivity contribution >= 4 is 29.2 Å². The second-order valence-corrected chi connectivity index (χ2v) is 6.84. The van der Waals surface area contributed by atoms with E-state index >= 15 is 0 Å². The van der Waals surface area contributed by atoms with E-state index in [2.05, 4.69) is 4.99 Å². The molecule has 1 N–H and O–H groups in total. The van der Waals surface area contributed by atoms with Crippen LogP contribution in [0.3, 0.4) is 0 Å². The molecule has 0 spiro atoms. The first-order chi connectivity index (χ1) is 14.4. The number of amidine groups is 1. The highest BCUT2D eigenvalue weighted by molar-refractivity contribution is 6.33. The van der Waals surface area contributed by atoms with Gasteiger partial charge in [-0.3, -0.25) is 19.8 Å². The number of non-ortho nitro benzene ring substituents is 1. The van der Waals surface area contributed by atoms with E-state index in [-0.39, 0.29) is 23.0 Å². The fourth-order valence-corrected chi connectivity index (χ4v) is 3.19. The first-order valence-electron chi connectivity index (χ1n) is 9.18. The summed E-state index contributed by atoms with van der Waals surface area (Å²) in [5.41, 5.74) is 3.21. The predicted octanol–water partition coefficient (Wildman–Crippen LogP) is 4.44. The average molecular weight is 399 g/mol. The van der Waals surface area contributed by atoms with E-state index in [1.807, 2.05) is 31.2 Å². The molecule has 1 heterocycles. The van der Waals surface area contributed by atoms with Crippen molar-refractivity contribution in [2.75, 3.05) is 4.90 Å².